The van der Waals surface area contributed by atoms with Gasteiger partial charge in [-0.1, -0.05) is 205 Å². The lowest BCUT2D eigenvalue weighted by molar-refractivity contribution is 0.475. The van der Waals surface area contributed by atoms with Crippen LogP contribution in [0.1, 0.15) is 77.9 Å². The molecule has 4 aliphatic rings. The van der Waals surface area contributed by atoms with E-state index in [1.807, 2.05) is 12.1 Å². The zero-order valence-corrected chi connectivity index (χ0v) is 45.4. The van der Waals surface area contributed by atoms with Gasteiger partial charge in [-0.3, -0.25) is 0 Å². The maximum absolute atomic E-state index is 9.92. The second-order valence-corrected chi connectivity index (χ2v) is 22.5. The molecular formula is C68H51Br3O2. The first-order chi connectivity index (χ1) is 35.6. The van der Waals surface area contributed by atoms with E-state index >= 15 is 0 Å². The van der Waals surface area contributed by atoms with Crippen molar-refractivity contribution in [1.82, 2.24) is 0 Å². The smallest absolute Gasteiger partial charge is 0.127 e. The van der Waals surface area contributed by atoms with Crippen LogP contribution in [0.3, 0.4) is 0 Å². The van der Waals surface area contributed by atoms with Crippen LogP contribution in [0, 0.1) is 13.8 Å². The van der Waals surface area contributed by atoms with Crippen molar-refractivity contribution >= 4 is 47.8 Å². The van der Waals surface area contributed by atoms with Gasteiger partial charge in [0.1, 0.15) is 17.2 Å². The molecule has 0 aromatic heterocycles. The van der Waals surface area contributed by atoms with Gasteiger partial charge in [0.05, 0.1) is 10.8 Å². The van der Waals surface area contributed by atoms with E-state index in [2.05, 4.69) is 256 Å². The topological polar surface area (TPSA) is 29.5 Å². The molecule has 0 radical (unpaired) electrons. The predicted molar refractivity (Wildman–Crippen MR) is 310 cm³/mol. The van der Waals surface area contributed by atoms with Crippen molar-refractivity contribution in [2.75, 3.05) is 0 Å². The summed E-state index contributed by atoms with van der Waals surface area (Å²) in [6.07, 6.45) is 4.89. The first kappa shape index (κ1) is 47.3. The van der Waals surface area contributed by atoms with Crippen LogP contribution in [-0.4, -0.2) is 5.11 Å². The molecule has 10 aromatic carbocycles. The highest BCUT2D eigenvalue weighted by Crippen LogP contribution is 2.58. The van der Waals surface area contributed by atoms with Gasteiger partial charge >= 0.3 is 0 Å². The molecule has 73 heavy (non-hydrogen) atoms. The van der Waals surface area contributed by atoms with E-state index in [9.17, 15) is 5.11 Å². The lowest BCUT2D eigenvalue weighted by atomic mass is 9.67. The van der Waals surface area contributed by atoms with E-state index in [0.717, 1.165) is 32.4 Å². The third-order valence-corrected chi connectivity index (χ3v) is 17.0. The zero-order valence-electron chi connectivity index (χ0n) is 40.6. The number of hydrogen-bond acceptors (Lipinski definition) is 2. The summed E-state index contributed by atoms with van der Waals surface area (Å²) in [7, 11) is 0. The summed E-state index contributed by atoms with van der Waals surface area (Å²) in [4.78, 5) is 0. The molecule has 2 unspecified atom stereocenters. The van der Waals surface area contributed by atoms with E-state index in [1.165, 1.54) is 118 Å². The van der Waals surface area contributed by atoms with Gasteiger partial charge in [-0.25, -0.2) is 0 Å². The van der Waals surface area contributed by atoms with E-state index in [-0.39, 0.29) is 5.75 Å². The number of hydrogen-bond donors (Lipinski definition) is 1. The molecular weight excluding hydrogens is 1090 g/mol. The summed E-state index contributed by atoms with van der Waals surface area (Å²) >= 11 is 10.9. The second-order valence-electron chi connectivity index (χ2n) is 19.7. The van der Waals surface area contributed by atoms with Crippen LogP contribution in [0.15, 0.2) is 232 Å². The summed E-state index contributed by atoms with van der Waals surface area (Å²) < 4.78 is 9.63. The summed E-state index contributed by atoms with van der Waals surface area (Å²) in [5.74, 6) is 2.05. The van der Waals surface area contributed by atoms with Crippen molar-refractivity contribution in [2.45, 2.75) is 50.4 Å². The Morgan fingerprint density at radius 3 is 1.15 bits per heavy atom. The number of phenols is 1. The Morgan fingerprint density at radius 1 is 0.342 bits per heavy atom. The van der Waals surface area contributed by atoms with E-state index < -0.39 is 10.8 Å². The van der Waals surface area contributed by atoms with Crippen molar-refractivity contribution < 1.29 is 9.84 Å². The molecule has 0 aliphatic heterocycles. The normalized spacial score (nSPS) is 16.8. The third-order valence-electron chi connectivity index (χ3n) is 15.5. The van der Waals surface area contributed by atoms with Crippen LogP contribution in [-0.2, 0) is 36.5 Å². The summed E-state index contributed by atoms with van der Waals surface area (Å²) in [5, 5.41) is 9.92. The first-order valence-electron chi connectivity index (χ1n) is 25.0. The number of ether oxygens (including phenoxy) is 1. The van der Waals surface area contributed by atoms with Crippen LogP contribution in [0.2, 0.25) is 0 Å². The number of aromatic hydroxyl groups is 1. The van der Waals surface area contributed by atoms with Crippen LogP contribution in [0.4, 0.5) is 0 Å². The second kappa shape index (κ2) is 19.3. The molecule has 5 heteroatoms. The number of rotatable bonds is 6. The average Bonchev–Trinajstić information content (AvgIpc) is 3.86. The number of fused-ring (bicyclic) bond motifs is 8. The molecule has 0 bridgehead atoms. The van der Waals surface area contributed by atoms with Gasteiger partial charge in [-0.2, -0.15) is 0 Å². The lowest BCUT2D eigenvalue weighted by Gasteiger charge is -2.34. The average molecular weight is 1140 g/mol. The molecule has 14 rings (SSSR count). The maximum atomic E-state index is 9.92. The summed E-state index contributed by atoms with van der Waals surface area (Å²) in [6.45, 7) is 4.26. The van der Waals surface area contributed by atoms with E-state index in [1.54, 1.807) is 12.1 Å². The van der Waals surface area contributed by atoms with Gasteiger partial charge in [0.25, 0.3) is 0 Å². The number of aryl methyl sites for hydroxylation is 6. The van der Waals surface area contributed by atoms with Gasteiger partial charge in [0.2, 0.25) is 0 Å². The van der Waals surface area contributed by atoms with Crippen molar-refractivity contribution in [1.29, 1.82) is 0 Å². The molecule has 2 atom stereocenters. The Balaban J connectivity index is 0.000000129. The number of benzene rings is 10. The first-order valence-corrected chi connectivity index (χ1v) is 27.4. The fourth-order valence-corrected chi connectivity index (χ4v) is 12.8. The Labute approximate surface area is 453 Å². The largest absolute Gasteiger partial charge is 0.508 e. The number of halogens is 3. The molecule has 0 saturated heterocycles. The SMILES string of the molecule is Brc1ccc2c(c1)CC2.Cc1ccc(C2(c3ccc(O)cc3)c3ccccc3-c3ccc(Br)cc32)cc1.Cc1ccc(C2(c3ccc(Oc4ccc5c(c4)CC5)cc3)c3ccccc3-c3ccc(Br)cc32)cc1. The highest BCUT2D eigenvalue weighted by Gasteiger charge is 2.47. The molecule has 0 amide bonds. The Hall–Kier alpha value is -6.76. The van der Waals surface area contributed by atoms with Crippen LogP contribution in [0.5, 0.6) is 17.2 Å². The highest BCUT2D eigenvalue weighted by atomic mass is 79.9. The Kier molecular flexibility index (Phi) is 12.5. The summed E-state index contributed by atoms with van der Waals surface area (Å²) in [5.41, 5.74) is 22.7. The quantitative estimate of drug-likeness (QED) is 0.180. The summed E-state index contributed by atoms with van der Waals surface area (Å²) in [6, 6.07) is 77.9. The fourth-order valence-electron chi connectivity index (χ4n) is 11.7. The molecule has 2 nitrogen and oxygen atoms in total. The fraction of sp³-hybridized carbons (Fsp3) is 0.118. The van der Waals surface area contributed by atoms with E-state index in [0.29, 0.717) is 0 Å². The van der Waals surface area contributed by atoms with Gasteiger partial charge in [-0.05, 0) is 201 Å². The third kappa shape index (κ3) is 8.31. The van der Waals surface area contributed by atoms with Crippen LogP contribution < -0.4 is 4.74 Å². The standard InChI is InChI=1S/C34H25BrO.C26H19BrO.C8H7Br/c1-22-6-11-25(12-7-22)34(32-5-3-2-4-30(32)31-19-15-27(35)21-33(31)34)26-13-17-28(18-14-26)36-29-16-10-23-8-9-24(23)20-29;1-17-6-8-18(9-7-17)26(19-10-13-21(28)14-11-19)24-5-3-2-4-22(24)23-15-12-20(27)16-25(23)26;9-8-4-3-6-1-2-7(6)5-8/h2-7,10-21H,8-9H2,1H3;2-16,28H,1H3;3-5H,1-2H2. The molecule has 1 N–H and O–H groups in total. The molecule has 0 spiro atoms. The monoisotopic (exact) mass is 1140 g/mol. The molecule has 0 fully saturated rings. The predicted octanol–water partition coefficient (Wildman–Crippen LogP) is 18.4. The van der Waals surface area contributed by atoms with E-state index in [4.69, 9.17) is 4.74 Å². The molecule has 4 aliphatic carbocycles. The Bertz CT molecular complexity index is 3660. The minimum Gasteiger partial charge on any atom is -0.508 e. The minimum atomic E-state index is -0.420. The van der Waals surface area contributed by atoms with Gasteiger partial charge in [-0.15, -0.1) is 0 Å². The molecule has 10 aromatic rings. The molecule has 356 valence electrons. The highest BCUT2D eigenvalue weighted by molar-refractivity contribution is 9.11. The van der Waals surface area contributed by atoms with Crippen molar-refractivity contribution in [3.8, 4) is 39.5 Å². The maximum Gasteiger partial charge on any atom is 0.127 e. The van der Waals surface area contributed by atoms with Gasteiger partial charge in [0.15, 0.2) is 0 Å². The van der Waals surface area contributed by atoms with Crippen LogP contribution >= 0.6 is 47.8 Å². The van der Waals surface area contributed by atoms with Gasteiger partial charge < -0.3 is 9.84 Å². The van der Waals surface area contributed by atoms with Crippen molar-refractivity contribution in [3.63, 3.8) is 0 Å². The minimum absolute atomic E-state index is 0.281. The molecule has 0 heterocycles. The van der Waals surface area contributed by atoms with Crippen molar-refractivity contribution in [2.24, 2.45) is 0 Å². The molecule has 0 saturated carbocycles. The van der Waals surface area contributed by atoms with Crippen molar-refractivity contribution in [3.05, 3.63) is 310 Å². The lowest BCUT2D eigenvalue weighted by Crippen LogP contribution is -2.28. The van der Waals surface area contributed by atoms with Gasteiger partial charge in [0, 0.05) is 13.4 Å². The Morgan fingerprint density at radius 2 is 0.712 bits per heavy atom. The zero-order chi connectivity index (χ0) is 49.8. The number of phenolic OH excluding ortho intramolecular Hbond substituents is 1. The van der Waals surface area contributed by atoms with Crippen LogP contribution in [0.25, 0.3) is 22.3 Å².